The maximum atomic E-state index is 11.6. The van der Waals surface area contributed by atoms with Crippen LogP contribution in [0.3, 0.4) is 0 Å². The van der Waals surface area contributed by atoms with Gasteiger partial charge in [-0.15, -0.1) is 0 Å². The molecule has 118 valence electrons. The van der Waals surface area contributed by atoms with Crippen LogP contribution < -0.4 is 5.32 Å². The van der Waals surface area contributed by atoms with Crippen LogP contribution in [-0.4, -0.2) is 29.7 Å². The lowest BCUT2D eigenvalue weighted by Gasteiger charge is -2.11. The number of carbonyl (C=O) groups is 2. The van der Waals surface area contributed by atoms with Crippen molar-refractivity contribution in [3.63, 3.8) is 0 Å². The van der Waals surface area contributed by atoms with E-state index < -0.39 is 6.09 Å². The Balaban J connectivity index is 0.00000441. The van der Waals surface area contributed by atoms with Crippen molar-refractivity contribution in [2.24, 2.45) is 0 Å². The number of hydrogen-bond donors (Lipinski definition) is 1. The van der Waals surface area contributed by atoms with Crippen LogP contribution in [0.15, 0.2) is 24.3 Å². The number of amides is 1. The molecule has 1 aromatic carbocycles. The first kappa shape index (κ1) is 17.4. The molecule has 0 aliphatic rings. The van der Waals surface area contributed by atoms with Crippen LogP contribution in [0.5, 0.6) is 0 Å². The Hall–Kier alpha value is -1.69. The minimum Gasteiger partial charge on any atom is -0.461 e. The molecule has 0 aliphatic heterocycles. The molecular weight excluding hydrogens is 290 g/mol. The topological polar surface area (TPSA) is 64.6 Å². The number of benzene rings is 1. The summed E-state index contributed by atoms with van der Waals surface area (Å²) in [6.45, 7) is 6.06. The lowest BCUT2D eigenvalue weighted by atomic mass is 10.2. The van der Waals surface area contributed by atoms with E-state index in [2.05, 4.69) is 12.2 Å². The van der Waals surface area contributed by atoms with Gasteiger partial charge in [0.25, 0.3) is 0 Å². The lowest BCUT2D eigenvalue weighted by molar-refractivity contribution is -0.142. The number of rotatable bonds is 7. The Bertz CT molecular complexity index is 467. The third kappa shape index (κ3) is 7.60. The minimum atomic E-state index is -0.466. The minimum absolute atomic E-state index is 0. The van der Waals surface area contributed by atoms with Crippen molar-refractivity contribution >= 4 is 29.5 Å². The summed E-state index contributed by atoms with van der Waals surface area (Å²) in [5.74, 6) is 0.676. The zero-order chi connectivity index (χ0) is 15.7. The Kier molecular flexibility index (Phi) is 7.68. The maximum absolute atomic E-state index is 11.6. The van der Waals surface area contributed by atoms with Gasteiger partial charge in [-0.1, -0.05) is 19.1 Å². The van der Waals surface area contributed by atoms with E-state index in [1.165, 1.54) is 6.92 Å². The molecule has 5 nitrogen and oxygen atoms in total. The summed E-state index contributed by atoms with van der Waals surface area (Å²) in [7, 11) is 0. The Morgan fingerprint density at radius 1 is 1.29 bits per heavy atom. The van der Waals surface area contributed by atoms with E-state index >= 15 is 0 Å². The molecule has 0 aromatic heterocycles. The number of ether oxygens (including phenoxy) is 2. The Labute approximate surface area is 130 Å². The molecule has 0 fully saturated rings. The molecular formula is C15H23NO4S. The van der Waals surface area contributed by atoms with Gasteiger partial charge in [0.1, 0.15) is 13.2 Å². The van der Waals surface area contributed by atoms with Gasteiger partial charge in [0.2, 0.25) is 0 Å². The fourth-order valence-electron chi connectivity index (χ4n) is 1.55. The monoisotopic (exact) mass is 313 g/mol. The predicted octanol–water partition coefficient (Wildman–Crippen LogP) is 3.69. The standard InChI is InChI=1S/C15H21NO4S.H2/c1-4-21-11(2)9-20-15(18)16-14-7-5-13(6-8-14)10-19-12(3)17;/h5-8,11H,4,9-10H2,1-3H3,(H,16,18);1H. The average molecular weight is 313 g/mol. The van der Waals surface area contributed by atoms with Gasteiger partial charge in [-0.25, -0.2) is 4.79 Å². The van der Waals surface area contributed by atoms with Crippen LogP contribution in [0.4, 0.5) is 10.5 Å². The molecule has 0 aliphatic carbocycles. The van der Waals surface area contributed by atoms with E-state index in [0.29, 0.717) is 12.3 Å². The highest BCUT2D eigenvalue weighted by atomic mass is 32.2. The van der Waals surface area contributed by atoms with Crippen LogP contribution in [0.25, 0.3) is 0 Å². The van der Waals surface area contributed by atoms with Crippen molar-refractivity contribution in [2.45, 2.75) is 32.6 Å². The molecule has 0 spiro atoms. The summed E-state index contributed by atoms with van der Waals surface area (Å²) < 4.78 is 10.0. The van der Waals surface area contributed by atoms with E-state index in [4.69, 9.17) is 9.47 Å². The van der Waals surface area contributed by atoms with Crippen molar-refractivity contribution < 1.29 is 20.5 Å². The Morgan fingerprint density at radius 2 is 1.95 bits per heavy atom. The van der Waals surface area contributed by atoms with E-state index in [-0.39, 0.29) is 19.3 Å². The quantitative estimate of drug-likeness (QED) is 0.778. The number of nitrogens with one attached hydrogen (secondary N) is 1. The summed E-state index contributed by atoms with van der Waals surface area (Å²) in [5.41, 5.74) is 1.50. The Morgan fingerprint density at radius 3 is 2.52 bits per heavy atom. The smallest absolute Gasteiger partial charge is 0.411 e. The highest BCUT2D eigenvalue weighted by Crippen LogP contribution is 2.12. The molecule has 1 unspecified atom stereocenters. The van der Waals surface area contributed by atoms with Crippen molar-refractivity contribution in [1.82, 2.24) is 0 Å². The first-order valence-corrected chi connectivity index (χ1v) is 7.83. The highest BCUT2D eigenvalue weighted by Gasteiger charge is 2.07. The lowest BCUT2D eigenvalue weighted by Crippen LogP contribution is -2.18. The van der Waals surface area contributed by atoms with Gasteiger partial charge < -0.3 is 9.47 Å². The number of thioether (sulfide) groups is 1. The third-order valence-electron chi connectivity index (χ3n) is 2.54. The molecule has 6 heteroatoms. The first-order chi connectivity index (χ1) is 10.0. The van der Waals surface area contributed by atoms with Crippen LogP contribution in [0.1, 0.15) is 27.8 Å². The average Bonchev–Trinajstić information content (AvgIpc) is 2.45. The number of anilines is 1. The zero-order valence-corrected chi connectivity index (χ0v) is 13.4. The van der Waals surface area contributed by atoms with Gasteiger partial charge in [0.05, 0.1) is 0 Å². The highest BCUT2D eigenvalue weighted by molar-refractivity contribution is 7.99. The van der Waals surface area contributed by atoms with Crippen LogP contribution in [0, 0.1) is 0 Å². The van der Waals surface area contributed by atoms with Crippen LogP contribution in [-0.2, 0) is 20.9 Å². The van der Waals surface area contributed by atoms with E-state index in [1.807, 2.05) is 6.92 Å². The number of hydrogen-bond acceptors (Lipinski definition) is 5. The molecule has 21 heavy (non-hydrogen) atoms. The largest absolute Gasteiger partial charge is 0.461 e. The maximum Gasteiger partial charge on any atom is 0.411 e. The molecule has 1 atom stereocenters. The van der Waals surface area contributed by atoms with Gasteiger partial charge in [-0.3, -0.25) is 10.1 Å². The molecule has 1 rings (SSSR count). The molecule has 1 amide bonds. The van der Waals surface area contributed by atoms with Gasteiger partial charge in [0, 0.05) is 19.3 Å². The summed E-state index contributed by atoms with van der Waals surface area (Å²) in [4.78, 5) is 22.3. The summed E-state index contributed by atoms with van der Waals surface area (Å²) >= 11 is 1.74. The SMILES string of the molecule is CCSC(C)COC(=O)Nc1ccc(COC(C)=O)cc1.[HH]. The normalized spacial score (nSPS) is 11.6. The molecule has 0 bridgehead atoms. The first-order valence-electron chi connectivity index (χ1n) is 6.79. The van der Waals surface area contributed by atoms with E-state index in [9.17, 15) is 9.59 Å². The second-order valence-electron chi connectivity index (χ2n) is 4.47. The third-order valence-corrected chi connectivity index (χ3v) is 3.58. The van der Waals surface area contributed by atoms with Crippen LogP contribution >= 0.6 is 11.8 Å². The predicted molar refractivity (Wildman–Crippen MR) is 86.6 cm³/mol. The van der Waals surface area contributed by atoms with E-state index in [1.54, 1.807) is 36.0 Å². The molecule has 1 aromatic rings. The fraction of sp³-hybridized carbons (Fsp3) is 0.467. The second-order valence-corrected chi connectivity index (χ2v) is 6.18. The molecule has 1 N–H and O–H groups in total. The summed E-state index contributed by atoms with van der Waals surface area (Å²) in [6.07, 6.45) is -0.466. The molecule has 0 radical (unpaired) electrons. The summed E-state index contributed by atoms with van der Waals surface area (Å²) in [6, 6.07) is 7.05. The van der Waals surface area contributed by atoms with Crippen molar-refractivity contribution in [1.29, 1.82) is 0 Å². The fourth-order valence-corrected chi connectivity index (χ4v) is 2.28. The van der Waals surface area contributed by atoms with Crippen molar-refractivity contribution in [3.8, 4) is 0 Å². The molecule has 0 saturated carbocycles. The summed E-state index contributed by atoms with van der Waals surface area (Å²) in [5, 5.41) is 2.94. The van der Waals surface area contributed by atoms with E-state index in [0.717, 1.165) is 11.3 Å². The van der Waals surface area contributed by atoms with Crippen LogP contribution in [0.2, 0.25) is 0 Å². The second kappa shape index (κ2) is 9.28. The van der Waals surface area contributed by atoms with Gasteiger partial charge in [-0.05, 0) is 30.4 Å². The molecule has 0 heterocycles. The zero-order valence-electron chi connectivity index (χ0n) is 12.5. The van der Waals surface area contributed by atoms with Gasteiger partial charge >= 0.3 is 12.1 Å². The number of carbonyl (C=O) groups excluding carboxylic acids is 2. The van der Waals surface area contributed by atoms with Gasteiger partial charge in [-0.2, -0.15) is 11.8 Å². The molecule has 0 saturated heterocycles. The van der Waals surface area contributed by atoms with Crippen molar-refractivity contribution in [2.75, 3.05) is 17.7 Å². The van der Waals surface area contributed by atoms with Crippen molar-refractivity contribution in [3.05, 3.63) is 29.8 Å². The number of esters is 1. The van der Waals surface area contributed by atoms with Gasteiger partial charge in [0.15, 0.2) is 0 Å².